The predicted molar refractivity (Wildman–Crippen MR) is 75.0 cm³/mol. The molecule has 0 spiro atoms. The van der Waals surface area contributed by atoms with Gasteiger partial charge in [0.05, 0.1) is 11.4 Å². The zero-order valence-corrected chi connectivity index (χ0v) is 11.9. The van der Waals surface area contributed by atoms with Crippen LogP contribution in [0.2, 0.25) is 0 Å². The van der Waals surface area contributed by atoms with E-state index in [4.69, 9.17) is 4.52 Å². The van der Waals surface area contributed by atoms with Crippen molar-refractivity contribution in [3.63, 3.8) is 0 Å². The highest BCUT2D eigenvalue weighted by Gasteiger charge is 2.29. The third-order valence-electron chi connectivity index (χ3n) is 3.18. The molecule has 0 N–H and O–H groups in total. The Morgan fingerprint density at radius 3 is 2.90 bits per heavy atom. The van der Waals surface area contributed by atoms with Gasteiger partial charge in [-0.15, -0.1) is 5.10 Å². The zero-order valence-electron chi connectivity index (χ0n) is 11.1. The van der Waals surface area contributed by atoms with Crippen molar-refractivity contribution in [3.05, 3.63) is 42.0 Å². The summed E-state index contributed by atoms with van der Waals surface area (Å²) >= 11 is 1.49. The summed E-state index contributed by atoms with van der Waals surface area (Å²) in [5.41, 5.74) is 0.928. The average Bonchev–Trinajstić information content (AvgIpc) is 3.10. The van der Waals surface area contributed by atoms with Crippen molar-refractivity contribution in [2.45, 2.75) is 29.7 Å². The first-order valence-electron chi connectivity index (χ1n) is 6.69. The minimum absolute atomic E-state index is 0.478. The number of rotatable bonds is 5. The molecule has 0 atom stereocenters. The molecule has 1 aliphatic carbocycles. The molecule has 8 heteroatoms. The molecule has 7 nitrogen and oxygen atoms in total. The molecule has 0 radical (unpaired) electrons. The predicted octanol–water partition coefficient (Wildman–Crippen LogP) is 2.21. The maximum atomic E-state index is 5.24. The fourth-order valence-corrected chi connectivity index (χ4v) is 2.69. The summed E-state index contributed by atoms with van der Waals surface area (Å²) in [6.45, 7) is 0. The molecule has 0 amide bonds. The van der Waals surface area contributed by atoms with Crippen molar-refractivity contribution >= 4 is 11.8 Å². The largest absolute Gasteiger partial charge is 0.339 e. The Morgan fingerprint density at radius 2 is 2.10 bits per heavy atom. The van der Waals surface area contributed by atoms with Crippen molar-refractivity contribution in [1.82, 2.24) is 30.3 Å². The second kappa shape index (κ2) is 5.28. The summed E-state index contributed by atoms with van der Waals surface area (Å²) in [5, 5.41) is 16.5. The Kier molecular flexibility index (Phi) is 3.15. The van der Waals surface area contributed by atoms with E-state index in [0.717, 1.165) is 24.4 Å². The molecule has 0 saturated heterocycles. The van der Waals surface area contributed by atoms with Gasteiger partial charge in [0.1, 0.15) is 0 Å². The first-order valence-corrected chi connectivity index (χ1v) is 7.68. The number of thioether (sulfide) groups is 1. The molecule has 0 aliphatic heterocycles. The summed E-state index contributed by atoms with van der Waals surface area (Å²) < 4.78 is 6.94. The van der Waals surface area contributed by atoms with Crippen molar-refractivity contribution in [2.75, 3.05) is 0 Å². The molecule has 4 rings (SSSR count). The van der Waals surface area contributed by atoms with Crippen LogP contribution in [-0.4, -0.2) is 30.3 Å². The van der Waals surface area contributed by atoms with Gasteiger partial charge in [-0.2, -0.15) is 9.67 Å². The summed E-state index contributed by atoms with van der Waals surface area (Å²) in [7, 11) is 0. The van der Waals surface area contributed by atoms with Gasteiger partial charge in [0.25, 0.3) is 0 Å². The summed E-state index contributed by atoms with van der Waals surface area (Å²) in [6.07, 6.45) is 2.31. The van der Waals surface area contributed by atoms with E-state index in [1.807, 2.05) is 30.3 Å². The molecule has 0 bridgehead atoms. The van der Waals surface area contributed by atoms with E-state index >= 15 is 0 Å². The van der Waals surface area contributed by atoms with Gasteiger partial charge < -0.3 is 4.52 Å². The standard InChI is InChI=1S/C13H12N6OS/c1-2-4-10(5-3-1)19-13(15-17-18-19)21-8-11-14-12(20-16-11)9-6-7-9/h1-5,9H,6-8H2. The zero-order chi connectivity index (χ0) is 14.1. The van der Waals surface area contributed by atoms with Crippen LogP contribution < -0.4 is 0 Å². The molecular formula is C13H12N6OS. The maximum absolute atomic E-state index is 5.24. The van der Waals surface area contributed by atoms with Gasteiger partial charge in [-0.3, -0.25) is 0 Å². The summed E-state index contributed by atoms with van der Waals surface area (Å²) in [4.78, 5) is 4.40. The molecule has 2 heterocycles. The van der Waals surface area contributed by atoms with Crippen LogP contribution in [0.4, 0.5) is 0 Å². The molecule has 106 valence electrons. The molecule has 21 heavy (non-hydrogen) atoms. The fourth-order valence-electron chi connectivity index (χ4n) is 1.95. The smallest absolute Gasteiger partial charge is 0.229 e. The van der Waals surface area contributed by atoms with E-state index in [0.29, 0.717) is 22.7 Å². The van der Waals surface area contributed by atoms with Gasteiger partial charge in [0.15, 0.2) is 5.82 Å². The number of benzene rings is 1. The van der Waals surface area contributed by atoms with Crippen LogP contribution in [0.25, 0.3) is 5.69 Å². The van der Waals surface area contributed by atoms with Crippen LogP contribution in [-0.2, 0) is 5.75 Å². The van der Waals surface area contributed by atoms with Crippen molar-refractivity contribution in [2.24, 2.45) is 0 Å². The minimum Gasteiger partial charge on any atom is -0.339 e. The Morgan fingerprint density at radius 1 is 1.24 bits per heavy atom. The van der Waals surface area contributed by atoms with Crippen LogP contribution in [0.1, 0.15) is 30.5 Å². The Labute approximate surface area is 124 Å². The lowest BCUT2D eigenvalue weighted by Crippen LogP contribution is -1.98. The quantitative estimate of drug-likeness (QED) is 0.668. The van der Waals surface area contributed by atoms with Crippen LogP contribution in [0.3, 0.4) is 0 Å². The lowest BCUT2D eigenvalue weighted by molar-refractivity contribution is 0.375. The number of nitrogens with zero attached hydrogens (tertiary/aromatic N) is 6. The Bertz CT molecular complexity index is 736. The highest BCUT2D eigenvalue weighted by Crippen LogP contribution is 2.39. The summed E-state index contributed by atoms with van der Waals surface area (Å²) in [6, 6.07) is 9.78. The number of para-hydroxylation sites is 1. The van der Waals surface area contributed by atoms with Crippen LogP contribution in [0, 0.1) is 0 Å². The monoisotopic (exact) mass is 300 g/mol. The van der Waals surface area contributed by atoms with Crippen molar-refractivity contribution < 1.29 is 4.52 Å². The van der Waals surface area contributed by atoms with Gasteiger partial charge in [-0.25, -0.2) is 0 Å². The highest BCUT2D eigenvalue weighted by molar-refractivity contribution is 7.98. The second-order valence-corrected chi connectivity index (χ2v) is 5.76. The van der Waals surface area contributed by atoms with E-state index < -0.39 is 0 Å². The highest BCUT2D eigenvalue weighted by atomic mass is 32.2. The first-order chi connectivity index (χ1) is 10.4. The third kappa shape index (κ3) is 2.66. The first kappa shape index (κ1) is 12.5. The van der Waals surface area contributed by atoms with E-state index in [2.05, 4.69) is 25.7 Å². The molecule has 1 aliphatic rings. The number of aromatic nitrogens is 6. The van der Waals surface area contributed by atoms with Gasteiger partial charge in [-0.05, 0) is 35.4 Å². The lowest BCUT2D eigenvalue weighted by atomic mass is 10.3. The van der Waals surface area contributed by atoms with Gasteiger partial charge in [0, 0.05) is 5.92 Å². The fraction of sp³-hybridized carbons (Fsp3) is 0.308. The van der Waals surface area contributed by atoms with E-state index in [9.17, 15) is 0 Å². The van der Waals surface area contributed by atoms with E-state index in [1.54, 1.807) is 4.68 Å². The third-order valence-corrected chi connectivity index (χ3v) is 4.10. The molecule has 0 unspecified atom stereocenters. The molecule has 1 saturated carbocycles. The molecule has 3 aromatic rings. The van der Waals surface area contributed by atoms with Crippen LogP contribution >= 0.6 is 11.8 Å². The minimum atomic E-state index is 0.478. The average molecular weight is 300 g/mol. The maximum Gasteiger partial charge on any atom is 0.229 e. The lowest BCUT2D eigenvalue weighted by Gasteiger charge is -2.02. The Hall–Kier alpha value is -2.22. The van der Waals surface area contributed by atoms with Crippen LogP contribution in [0.5, 0.6) is 0 Å². The number of tetrazole rings is 1. The number of hydrogen-bond acceptors (Lipinski definition) is 7. The molecule has 1 aromatic carbocycles. The van der Waals surface area contributed by atoms with Crippen LogP contribution in [0.15, 0.2) is 40.0 Å². The van der Waals surface area contributed by atoms with E-state index in [1.165, 1.54) is 11.8 Å². The van der Waals surface area contributed by atoms with Gasteiger partial charge in [0.2, 0.25) is 11.0 Å². The molecule has 1 fully saturated rings. The Balaban J connectivity index is 1.48. The SMILES string of the molecule is c1ccc(-n2nnnc2SCc2noc(C3CC3)n2)cc1. The normalized spacial score (nSPS) is 14.5. The van der Waals surface area contributed by atoms with Crippen molar-refractivity contribution in [3.8, 4) is 5.69 Å². The second-order valence-electron chi connectivity index (χ2n) is 4.82. The molecular weight excluding hydrogens is 288 g/mol. The van der Waals surface area contributed by atoms with E-state index in [-0.39, 0.29) is 0 Å². The summed E-state index contributed by atoms with van der Waals surface area (Å²) in [5.74, 6) is 2.51. The van der Waals surface area contributed by atoms with Gasteiger partial charge in [-0.1, -0.05) is 35.1 Å². The topological polar surface area (TPSA) is 82.5 Å². The molecule has 2 aromatic heterocycles. The van der Waals surface area contributed by atoms with Crippen molar-refractivity contribution in [1.29, 1.82) is 0 Å². The number of hydrogen-bond donors (Lipinski definition) is 0. The van der Waals surface area contributed by atoms with Gasteiger partial charge >= 0.3 is 0 Å².